The first-order valence-corrected chi connectivity index (χ1v) is 5.22. The number of aryl methyl sites for hydroxylation is 1. The maximum atomic E-state index is 12.9. The molecule has 4 heteroatoms. The average Bonchev–Trinajstić information content (AvgIpc) is 2.29. The molecule has 0 aliphatic rings. The minimum atomic E-state index is -0.339. The van der Waals surface area contributed by atoms with Gasteiger partial charge in [0.05, 0.1) is 0 Å². The monoisotopic (exact) mass is 230 g/mol. The number of benzene rings is 1. The first-order chi connectivity index (χ1) is 8.15. The fraction of sp³-hybridized carbons (Fsp3) is 0.154. The lowest BCUT2D eigenvalue weighted by atomic mass is 10.1. The molecule has 3 nitrogen and oxygen atoms in total. The zero-order chi connectivity index (χ0) is 12.3. The van der Waals surface area contributed by atoms with Crippen LogP contribution in [0.2, 0.25) is 0 Å². The molecule has 1 aromatic heterocycles. The third-order valence-corrected chi connectivity index (χ3v) is 2.32. The van der Waals surface area contributed by atoms with Crippen molar-refractivity contribution in [3.8, 4) is 0 Å². The number of halogens is 1. The van der Waals surface area contributed by atoms with Crippen LogP contribution in [0.4, 0.5) is 4.39 Å². The normalized spacial score (nSPS) is 10.2. The van der Waals surface area contributed by atoms with Gasteiger partial charge in [0.25, 0.3) is 0 Å². The Morgan fingerprint density at radius 1 is 1.35 bits per heavy atom. The van der Waals surface area contributed by atoms with Gasteiger partial charge >= 0.3 is 0 Å². The number of hydrogen-bond acceptors (Lipinski definition) is 3. The van der Waals surface area contributed by atoms with Crippen LogP contribution in [0.3, 0.4) is 0 Å². The minimum absolute atomic E-state index is 0.138. The lowest BCUT2D eigenvalue weighted by molar-refractivity contribution is 0.0988. The zero-order valence-electron chi connectivity index (χ0n) is 9.35. The third kappa shape index (κ3) is 2.93. The molecule has 0 amide bonds. The van der Waals surface area contributed by atoms with Crippen molar-refractivity contribution in [2.75, 3.05) is 0 Å². The number of ketones is 1. The fourth-order valence-electron chi connectivity index (χ4n) is 1.53. The van der Waals surface area contributed by atoms with Crippen molar-refractivity contribution in [2.45, 2.75) is 13.3 Å². The number of carbonyl (C=O) groups is 1. The molecule has 0 aliphatic carbocycles. The van der Waals surface area contributed by atoms with Crippen molar-refractivity contribution >= 4 is 5.78 Å². The van der Waals surface area contributed by atoms with Gasteiger partial charge in [0.1, 0.15) is 17.3 Å². The molecule has 17 heavy (non-hydrogen) atoms. The minimum Gasteiger partial charge on any atom is -0.292 e. The molecule has 0 fully saturated rings. The summed E-state index contributed by atoms with van der Waals surface area (Å²) in [4.78, 5) is 19.8. The molecule has 0 aliphatic heterocycles. The Bertz CT molecular complexity index is 555. The topological polar surface area (TPSA) is 42.9 Å². The van der Waals surface area contributed by atoms with Crippen LogP contribution in [0.15, 0.2) is 36.5 Å². The van der Waals surface area contributed by atoms with Crippen LogP contribution >= 0.6 is 0 Å². The molecule has 0 unspecified atom stereocenters. The van der Waals surface area contributed by atoms with Crippen LogP contribution < -0.4 is 0 Å². The highest BCUT2D eigenvalue weighted by Gasteiger charge is 2.09. The molecule has 0 N–H and O–H groups in total. The van der Waals surface area contributed by atoms with E-state index in [1.807, 2.05) is 0 Å². The summed E-state index contributed by atoms with van der Waals surface area (Å²) in [5, 5.41) is 0. The molecule has 1 heterocycles. The summed E-state index contributed by atoms with van der Waals surface area (Å²) in [5.74, 6) is 0.0744. The van der Waals surface area contributed by atoms with Crippen LogP contribution in [-0.2, 0) is 6.42 Å². The largest absolute Gasteiger partial charge is 0.292 e. The number of aromatic nitrogens is 2. The van der Waals surface area contributed by atoms with Gasteiger partial charge in [-0.15, -0.1) is 0 Å². The first kappa shape index (κ1) is 11.4. The smallest absolute Gasteiger partial charge is 0.185 e. The Hall–Kier alpha value is -2.10. The Morgan fingerprint density at radius 3 is 2.88 bits per heavy atom. The lowest BCUT2D eigenvalue weighted by Gasteiger charge is -2.01. The summed E-state index contributed by atoms with van der Waals surface area (Å²) in [5.41, 5.74) is 1.01. The summed E-state index contributed by atoms with van der Waals surface area (Å²) in [6.45, 7) is 1.72. The maximum absolute atomic E-state index is 12.9. The van der Waals surface area contributed by atoms with Crippen LogP contribution in [0.1, 0.15) is 21.9 Å². The molecule has 0 radical (unpaired) electrons. The summed E-state index contributed by atoms with van der Waals surface area (Å²) in [6, 6.07) is 7.57. The van der Waals surface area contributed by atoms with Crippen molar-refractivity contribution in [1.82, 2.24) is 9.97 Å². The molecule has 2 rings (SSSR count). The standard InChI is InChI=1S/C13H11FN2O/c1-9-15-6-5-12(16-9)13(17)8-10-3-2-4-11(14)7-10/h2-7H,8H2,1H3. The van der Waals surface area contributed by atoms with Crippen LogP contribution in [0.25, 0.3) is 0 Å². The Kier molecular flexibility index (Phi) is 3.23. The van der Waals surface area contributed by atoms with E-state index in [0.717, 1.165) is 0 Å². The first-order valence-electron chi connectivity index (χ1n) is 5.22. The van der Waals surface area contributed by atoms with Gasteiger partial charge in [-0.05, 0) is 30.7 Å². The van der Waals surface area contributed by atoms with E-state index in [4.69, 9.17) is 0 Å². The number of rotatable bonds is 3. The van der Waals surface area contributed by atoms with E-state index in [-0.39, 0.29) is 18.0 Å². The van der Waals surface area contributed by atoms with E-state index in [0.29, 0.717) is 17.1 Å². The summed E-state index contributed by atoms with van der Waals surface area (Å²) in [7, 11) is 0. The predicted octanol–water partition coefficient (Wildman–Crippen LogP) is 2.35. The van der Waals surface area contributed by atoms with E-state index >= 15 is 0 Å². The second-order valence-electron chi connectivity index (χ2n) is 3.72. The number of hydrogen-bond donors (Lipinski definition) is 0. The average molecular weight is 230 g/mol. The van der Waals surface area contributed by atoms with E-state index in [2.05, 4.69) is 9.97 Å². The molecular weight excluding hydrogens is 219 g/mol. The van der Waals surface area contributed by atoms with E-state index < -0.39 is 0 Å². The van der Waals surface area contributed by atoms with Crippen molar-refractivity contribution in [1.29, 1.82) is 0 Å². The van der Waals surface area contributed by atoms with Crippen molar-refractivity contribution in [3.05, 3.63) is 59.4 Å². The molecule has 0 saturated carbocycles. The van der Waals surface area contributed by atoms with Gasteiger partial charge in [-0.1, -0.05) is 12.1 Å². The van der Waals surface area contributed by atoms with E-state index in [1.165, 1.54) is 12.1 Å². The zero-order valence-corrected chi connectivity index (χ0v) is 9.35. The summed E-state index contributed by atoms with van der Waals surface area (Å²) in [6.07, 6.45) is 1.69. The van der Waals surface area contributed by atoms with Gasteiger partial charge in [-0.3, -0.25) is 4.79 Å². The molecule has 0 atom stereocenters. The van der Waals surface area contributed by atoms with Crippen molar-refractivity contribution in [3.63, 3.8) is 0 Å². The second kappa shape index (κ2) is 4.82. The molecule has 86 valence electrons. The lowest BCUT2D eigenvalue weighted by Crippen LogP contribution is -2.07. The summed E-state index contributed by atoms with van der Waals surface area (Å²) < 4.78 is 12.9. The van der Waals surface area contributed by atoms with Crippen molar-refractivity contribution < 1.29 is 9.18 Å². The molecule has 1 aromatic carbocycles. The third-order valence-electron chi connectivity index (χ3n) is 2.32. The Morgan fingerprint density at radius 2 is 2.18 bits per heavy atom. The van der Waals surface area contributed by atoms with Crippen molar-refractivity contribution in [2.24, 2.45) is 0 Å². The van der Waals surface area contributed by atoms with Crippen LogP contribution in [-0.4, -0.2) is 15.8 Å². The summed E-state index contributed by atoms with van der Waals surface area (Å²) >= 11 is 0. The van der Waals surface area contributed by atoms with Gasteiger partial charge < -0.3 is 0 Å². The molecule has 0 bridgehead atoms. The molecule has 0 spiro atoms. The van der Waals surface area contributed by atoms with Gasteiger partial charge in [0.2, 0.25) is 0 Å². The Labute approximate surface area is 98.3 Å². The molecule has 0 saturated heterocycles. The highest BCUT2D eigenvalue weighted by atomic mass is 19.1. The number of Topliss-reactive ketones (excluding diaryl/α,β-unsaturated/α-hetero) is 1. The fourth-order valence-corrected chi connectivity index (χ4v) is 1.53. The molecular formula is C13H11FN2O. The maximum Gasteiger partial charge on any atom is 0.185 e. The highest BCUT2D eigenvalue weighted by molar-refractivity contribution is 5.95. The van der Waals surface area contributed by atoms with Crippen LogP contribution in [0.5, 0.6) is 0 Å². The van der Waals surface area contributed by atoms with Gasteiger partial charge in [0.15, 0.2) is 5.78 Å². The quantitative estimate of drug-likeness (QED) is 0.760. The van der Waals surface area contributed by atoms with E-state index in [1.54, 1.807) is 31.3 Å². The van der Waals surface area contributed by atoms with Gasteiger partial charge in [0, 0.05) is 12.6 Å². The Balaban J connectivity index is 2.17. The molecule has 2 aromatic rings. The van der Waals surface area contributed by atoms with Gasteiger partial charge in [-0.2, -0.15) is 0 Å². The van der Waals surface area contributed by atoms with Crippen LogP contribution in [0, 0.1) is 12.7 Å². The SMILES string of the molecule is Cc1nccc(C(=O)Cc2cccc(F)c2)n1. The van der Waals surface area contributed by atoms with E-state index in [9.17, 15) is 9.18 Å². The van der Waals surface area contributed by atoms with Gasteiger partial charge in [-0.25, -0.2) is 14.4 Å². The highest BCUT2D eigenvalue weighted by Crippen LogP contribution is 2.07. The number of carbonyl (C=O) groups excluding carboxylic acids is 1. The number of nitrogens with zero attached hydrogens (tertiary/aromatic N) is 2. The predicted molar refractivity (Wildman–Crippen MR) is 61.2 cm³/mol. The second-order valence-corrected chi connectivity index (χ2v) is 3.72.